The molecule has 0 saturated heterocycles. The van der Waals surface area contributed by atoms with Gasteiger partial charge in [0, 0.05) is 29.2 Å². The second kappa shape index (κ2) is 33.9. The fraction of sp³-hybridized carbons (Fsp3) is 0.429. The first-order chi connectivity index (χ1) is 38.1. The third-order valence-corrected chi connectivity index (χ3v) is 12.6. The number of benzene rings is 3. The molecule has 0 bridgehead atoms. The highest BCUT2D eigenvalue weighted by Crippen LogP contribution is 2.27. The van der Waals surface area contributed by atoms with Crippen LogP contribution in [-0.4, -0.2) is 125 Å². The SMILES string of the molecule is COc1ccc(NC(=O)[C@H](CCCCN)NC(=O)c2cc(NC(=O)[C@H](CCCCN)NC(=O)c3cc(NC(=O)[C@H](CCCCN)NC(=O)C4=CC(C(=O)O)=CC=CC4)ccc3OC)ccc2OC)cc1C(=O)NCCCCCN. The molecule has 4 rings (SSSR count). The number of hydrogen-bond acceptors (Lipinski definition) is 15. The van der Waals surface area contributed by atoms with Crippen molar-refractivity contribution in [3.63, 3.8) is 0 Å². The first kappa shape index (κ1) is 63.4. The van der Waals surface area contributed by atoms with Gasteiger partial charge in [-0.05, 0) is 170 Å². The van der Waals surface area contributed by atoms with Crippen molar-refractivity contribution in [2.45, 2.75) is 102 Å². The summed E-state index contributed by atoms with van der Waals surface area (Å²) in [6, 6.07) is 9.97. The monoisotopic (exact) mass is 1100 g/mol. The summed E-state index contributed by atoms with van der Waals surface area (Å²) in [6.45, 7) is 1.99. The Hall–Kier alpha value is -8.12. The Balaban J connectivity index is 1.54. The van der Waals surface area contributed by atoms with Crippen LogP contribution in [0.2, 0.25) is 0 Å². The molecule has 0 unspecified atom stereocenters. The Bertz CT molecular complexity index is 2690. The number of carboxylic acids is 1. The molecule has 1 aliphatic rings. The number of anilines is 3. The van der Waals surface area contributed by atoms with Crippen LogP contribution in [0.25, 0.3) is 0 Å². The van der Waals surface area contributed by atoms with Crippen LogP contribution in [0.4, 0.5) is 17.1 Å². The van der Waals surface area contributed by atoms with Gasteiger partial charge >= 0.3 is 5.97 Å². The Morgan fingerprint density at radius 1 is 0.506 bits per heavy atom. The second-order valence-corrected chi connectivity index (χ2v) is 18.5. The average Bonchev–Trinajstić information content (AvgIpc) is 3.72. The van der Waals surface area contributed by atoms with Crippen LogP contribution in [0.1, 0.15) is 115 Å². The molecule has 3 atom stereocenters. The van der Waals surface area contributed by atoms with Crippen LogP contribution in [0.3, 0.4) is 0 Å². The van der Waals surface area contributed by atoms with E-state index in [-0.39, 0.29) is 82.1 Å². The lowest BCUT2D eigenvalue weighted by Gasteiger charge is -2.22. The topological polar surface area (TPSA) is 373 Å². The van der Waals surface area contributed by atoms with Crippen molar-refractivity contribution in [1.29, 1.82) is 0 Å². The van der Waals surface area contributed by atoms with E-state index >= 15 is 0 Å². The number of allylic oxidation sites excluding steroid dienone is 3. The molecule has 3 aromatic rings. The minimum absolute atomic E-state index is 0.0246. The van der Waals surface area contributed by atoms with E-state index in [4.69, 9.17) is 37.1 Å². The molecule has 23 heteroatoms. The molecule has 0 radical (unpaired) electrons. The average molecular weight is 1100 g/mol. The minimum atomic E-state index is -1.22. The van der Waals surface area contributed by atoms with Crippen LogP contribution in [0.15, 0.2) is 90.0 Å². The van der Waals surface area contributed by atoms with Crippen LogP contribution in [0, 0.1) is 0 Å². The number of methoxy groups -OCH3 is 3. The number of ether oxygens (including phenoxy) is 3. The molecule has 79 heavy (non-hydrogen) atoms. The van der Waals surface area contributed by atoms with Crippen molar-refractivity contribution < 1.29 is 57.7 Å². The highest BCUT2D eigenvalue weighted by Gasteiger charge is 2.28. The first-order valence-electron chi connectivity index (χ1n) is 26.4. The van der Waals surface area contributed by atoms with Crippen molar-refractivity contribution in [1.82, 2.24) is 21.3 Å². The van der Waals surface area contributed by atoms with Gasteiger partial charge in [-0.1, -0.05) is 18.6 Å². The van der Waals surface area contributed by atoms with Gasteiger partial charge in [-0.3, -0.25) is 33.6 Å². The number of carbonyl (C=O) groups is 8. The van der Waals surface area contributed by atoms with E-state index in [2.05, 4.69) is 37.2 Å². The van der Waals surface area contributed by atoms with E-state index in [0.717, 1.165) is 19.3 Å². The number of rotatable bonds is 34. The van der Waals surface area contributed by atoms with E-state index in [0.29, 0.717) is 77.0 Å². The molecular formula is C56H77N11O12. The standard InChI is InChI=1S/C56H77N11O12/c1-77-46-23-20-37(32-40(46)50(69)61-30-14-4-10-26-57)62-54(73)44(18-8-12-28-59)66-52(71)42-34-39(22-25-48(42)79-3)64-55(74)45(19-9-13-29-60)67-51(70)41-33-38(21-24-47(41)78-2)63-53(72)43(17-7-11-27-58)65-49(68)35-15-5-6-16-36(31-35)56(75)76/h5-6,16,20-25,31-34,43-45H,4,7-15,17-19,26-30,57-60H2,1-3H3,(H,61,69)(H,62,73)(H,63,72)(H,64,74)(H,65,68)(H,66,71)(H,67,70)(H,75,76)/t43-,44-,45-/m0/s1. The minimum Gasteiger partial charge on any atom is -0.496 e. The zero-order valence-electron chi connectivity index (χ0n) is 45.2. The molecule has 3 aromatic carbocycles. The van der Waals surface area contributed by atoms with Gasteiger partial charge in [0.1, 0.15) is 35.4 Å². The summed E-state index contributed by atoms with van der Waals surface area (Å²) in [6.07, 6.45) is 11.9. The molecular weight excluding hydrogens is 1020 g/mol. The summed E-state index contributed by atoms with van der Waals surface area (Å²) < 4.78 is 16.5. The van der Waals surface area contributed by atoms with Crippen molar-refractivity contribution in [3.8, 4) is 17.2 Å². The zero-order valence-corrected chi connectivity index (χ0v) is 45.2. The Morgan fingerprint density at radius 2 is 0.886 bits per heavy atom. The van der Waals surface area contributed by atoms with E-state index in [1.165, 1.54) is 82.0 Å². The van der Waals surface area contributed by atoms with Crippen LogP contribution >= 0.6 is 0 Å². The van der Waals surface area contributed by atoms with Gasteiger partial charge in [0.15, 0.2) is 0 Å². The Morgan fingerprint density at radius 3 is 1.27 bits per heavy atom. The van der Waals surface area contributed by atoms with Crippen LogP contribution in [-0.2, 0) is 24.0 Å². The molecule has 0 aliphatic heterocycles. The number of carbonyl (C=O) groups excluding carboxylic acids is 7. The molecule has 0 spiro atoms. The normalized spacial score (nSPS) is 12.9. The lowest BCUT2D eigenvalue weighted by Crippen LogP contribution is -2.45. The third kappa shape index (κ3) is 20.3. The second-order valence-electron chi connectivity index (χ2n) is 18.5. The number of carboxylic acid groups (broad SMARTS) is 1. The highest BCUT2D eigenvalue weighted by atomic mass is 16.5. The first-order valence-corrected chi connectivity index (χ1v) is 26.4. The summed E-state index contributed by atoms with van der Waals surface area (Å²) in [5.74, 6) is -4.98. The molecule has 23 nitrogen and oxygen atoms in total. The van der Waals surface area contributed by atoms with E-state index in [9.17, 15) is 43.5 Å². The smallest absolute Gasteiger partial charge is 0.335 e. The molecule has 7 amide bonds. The number of amides is 7. The fourth-order valence-corrected chi connectivity index (χ4v) is 8.28. The van der Waals surface area contributed by atoms with Crippen molar-refractivity contribution in [2.75, 3.05) is 70.0 Å². The molecule has 428 valence electrons. The summed E-state index contributed by atoms with van der Waals surface area (Å²) in [5.41, 5.74) is 23.6. The summed E-state index contributed by atoms with van der Waals surface area (Å²) in [4.78, 5) is 108. The van der Waals surface area contributed by atoms with Crippen LogP contribution < -0.4 is 74.4 Å². The predicted octanol–water partition coefficient (Wildman–Crippen LogP) is 3.75. The molecule has 0 aromatic heterocycles. The maximum absolute atomic E-state index is 14.2. The van der Waals surface area contributed by atoms with Crippen molar-refractivity contribution in [2.24, 2.45) is 22.9 Å². The molecule has 0 fully saturated rings. The van der Waals surface area contributed by atoms with Crippen molar-refractivity contribution in [3.05, 3.63) is 107 Å². The van der Waals surface area contributed by atoms with Gasteiger partial charge in [-0.15, -0.1) is 0 Å². The largest absolute Gasteiger partial charge is 0.496 e. The number of nitrogens with one attached hydrogen (secondary N) is 7. The lowest BCUT2D eigenvalue weighted by atomic mass is 10.0. The maximum Gasteiger partial charge on any atom is 0.335 e. The van der Waals surface area contributed by atoms with Gasteiger partial charge in [0.05, 0.1) is 43.6 Å². The quantitative estimate of drug-likeness (QED) is 0.0379. The number of aliphatic carboxylic acids is 1. The fourth-order valence-electron chi connectivity index (χ4n) is 8.28. The summed E-state index contributed by atoms with van der Waals surface area (Å²) in [7, 11) is 4.14. The molecule has 0 heterocycles. The van der Waals surface area contributed by atoms with E-state index in [1.807, 2.05) is 0 Å². The molecule has 1 aliphatic carbocycles. The maximum atomic E-state index is 14.2. The van der Waals surface area contributed by atoms with Crippen molar-refractivity contribution >= 4 is 64.4 Å². The Kier molecular flexibility index (Phi) is 27.2. The van der Waals surface area contributed by atoms with E-state index in [1.54, 1.807) is 18.2 Å². The number of nitrogens with two attached hydrogens (primary N) is 4. The Labute approximate surface area is 460 Å². The van der Waals surface area contributed by atoms with Gasteiger partial charge in [0.25, 0.3) is 17.7 Å². The lowest BCUT2D eigenvalue weighted by molar-refractivity contribution is -0.132. The third-order valence-electron chi connectivity index (χ3n) is 12.6. The zero-order chi connectivity index (χ0) is 57.7. The van der Waals surface area contributed by atoms with E-state index < -0.39 is 65.4 Å². The highest BCUT2D eigenvalue weighted by molar-refractivity contribution is 6.07. The van der Waals surface area contributed by atoms with Gasteiger partial charge < -0.3 is 79.5 Å². The van der Waals surface area contributed by atoms with Gasteiger partial charge in [-0.25, -0.2) is 4.79 Å². The number of hydrogen-bond donors (Lipinski definition) is 12. The molecule has 0 saturated carbocycles. The summed E-state index contributed by atoms with van der Waals surface area (Å²) >= 11 is 0. The predicted molar refractivity (Wildman–Crippen MR) is 301 cm³/mol. The number of unbranched alkanes of at least 4 members (excludes halogenated alkanes) is 5. The molecule has 16 N–H and O–H groups in total. The van der Waals surface area contributed by atoms with Gasteiger partial charge in [-0.2, -0.15) is 0 Å². The van der Waals surface area contributed by atoms with Gasteiger partial charge in [0.2, 0.25) is 23.6 Å². The summed E-state index contributed by atoms with van der Waals surface area (Å²) in [5, 5.41) is 29.1. The van der Waals surface area contributed by atoms with Crippen LogP contribution in [0.5, 0.6) is 17.2 Å².